The standard InChI is InChI=1S/C11H14F3NO/c1-8(15-7-11(12,13)14)9-4-3-5-10(6-9)16-2/h3-6,8,15H,7H2,1-2H3. The van der Waals surface area contributed by atoms with Gasteiger partial charge in [-0.1, -0.05) is 12.1 Å². The predicted molar refractivity (Wildman–Crippen MR) is 55.5 cm³/mol. The smallest absolute Gasteiger partial charge is 0.401 e. The summed E-state index contributed by atoms with van der Waals surface area (Å²) in [5, 5.41) is 2.41. The minimum Gasteiger partial charge on any atom is -0.497 e. The normalized spacial score (nSPS) is 13.6. The zero-order valence-electron chi connectivity index (χ0n) is 9.14. The van der Waals surface area contributed by atoms with Crippen LogP contribution in [0.15, 0.2) is 24.3 Å². The van der Waals surface area contributed by atoms with Crippen LogP contribution < -0.4 is 10.1 Å². The summed E-state index contributed by atoms with van der Waals surface area (Å²) < 4.78 is 41.0. The van der Waals surface area contributed by atoms with Crippen LogP contribution in [0.1, 0.15) is 18.5 Å². The minimum atomic E-state index is -4.19. The molecule has 1 rings (SSSR count). The van der Waals surface area contributed by atoms with Crippen molar-refractivity contribution in [1.82, 2.24) is 5.32 Å². The van der Waals surface area contributed by atoms with E-state index >= 15 is 0 Å². The summed E-state index contributed by atoms with van der Waals surface area (Å²) in [6.45, 7) is 0.686. The first-order valence-electron chi connectivity index (χ1n) is 4.86. The lowest BCUT2D eigenvalue weighted by Gasteiger charge is -2.16. The van der Waals surface area contributed by atoms with Crippen LogP contribution in [0.25, 0.3) is 0 Å². The maximum atomic E-state index is 12.0. The molecule has 1 unspecified atom stereocenters. The van der Waals surface area contributed by atoms with Crippen molar-refractivity contribution < 1.29 is 17.9 Å². The van der Waals surface area contributed by atoms with Gasteiger partial charge in [0.25, 0.3) is 0 Å². The highest BCUT2D eigenvalue weighted by Gasteiger charge is 2.27. The first-order chi connectivity index (χ1) is 7.42. The quantitative estimate of drug-likeness (QED) is 0.863. The lowest BCUT2D eigenvalue weighted by atomic mass is 10.1. The van der Waals surface area contributed by atoms with Gasteiger partial charge in [0.15, 0.2) is 0 Å². The van der Waals surface area contributed by atoms with E-state index in [1.807, 2.05) is 0 Å². The molecule has 0 bridgehead atoms. The molecule has 0 spiro atoms. The lowest BCUT2D eigenvalue weighted by molar-refractivity contribution is -0.126. The van der Waals surface area contributed by atoms with Gasteiger partial charge in [-0.25, -0.2) is 0 Å². The van der Waals surface area contributed by atoms with E-state index in [-0.39, 0.29) is 6.04 Å². The monoisotopic (exact) mass is 233 g/mol. The summed E-state index contributed by atoms with van der Waals surface area (Å²) in [5.41, 5.74) is 0.767. The van der Waals surface area contributed by atoms with Gasteiger partial charge >= 0.3 is 6.18 Å². The highest BCUT2D eigenvalue weighted by Crippen LogP contribution is 2.20. The fourth-order valence-corrected chi connectivity index (χ4v) is 1.30. The maximum Gasteiger partial charge on any atom is 0.401 e. The first kappa shape index (κ1) is 12.8. The summed E-state index contributed by atoms with van der Waals surface area (Å²) in [4.78, 5) is 0. The molecule has 0 aromatic heterocycles. The second-order valence-electron chi connectivity index (χ2n) is 3.49. The average Bonchev–Trinajstić information content (AvgIpc) is 2.25. The molecule has 1 N–H and O–H groups in total. The fraction of sp³-hybridized carbons (Fsp3) is 0.455. The minimum absolute atomic E-state index is 0.364. The Morgan fingerprint density at radius 2 is 2.06 bits per heavy atom. The Bertz CT molecular complexity index is 338. The topological polar surface area (TPSA) is 21.3 Å². The van der Waals surface area contributed by atoms with Gasteiger partial charge in [0.05, 0.1) is 13.7 Å². The molecule has 0 radical (unpaired) electrons. The van der Waals surface area contributed by atoms with Gasteiger partial charge in [0.1, 0.15) is 5.75 Å². The SMILES string of the molecule is COc1cccc(C(C)NCC(F)(F)F)c1. The molecule has 0 saturated heterocycles. The van der Waals surface area contributed by atoms with Crippen molar-refractivity contribution in [3.8, 4) is 5.75 Å². The molecule has 0 aliphatic heterocycles. The van der Waals surface area contributed by atoms with Crippen molar-refractivity contribution in [3.63, 3.8) is 0 Å². The third-order valence-corrected chi connectivity index (χ3v) is 2.20. The van der Waals surface area contributed by atoms with E-state index in [1.54, 1.807) is 31.2 Å². The number of ether oxygens (including phenoxy) is 1. The molecule has 0 fully saturated rings. The highest BCUT2D eigenvalue weighted by atomic mass is 19.4. The van der Waals surface area contributed by atoms with Crippen LogP contribution in [-0.2, 0) is 0 Å². The van der Waals surface area contributed by atoms with Crippen LogP contribution in [0.4, 0.5) is 13.2 Å². The van der Waals surface area contributed by atoms with Gasteiger partial charge in [-0.3, -0.25) is 0 Å². The zero-order valence-corrected chi connectivity index (χ0v) is 9.14. The van der Waals surface area contributed by atoms with Crippen LogP contribution in [-0.4, -0.2) is 19.8 Å². The second kappa shape index (κ2) is 5.21. The van der Waals surface area contributed by atoms with Crippen LogP contribution >= 0.6 is 0 Å². The van der Waals surface area contributed by atoms with Crippen molar-refractivity contribution in [2.45, 2.75) is 19.1 Å². The van der Waals surface area contributed by atoms with E-state index in [2.05, 4.69) is 5.32 Å². The summed E-state index contributed by atoms with van der Waals surface area (Å²) in [5.74, 6) is 0.637. The van der Waals surface area contributed by atoms with Crippen LogP contribution in [0, 0.1) is 0 Å². The molecule has 0 amide bonds. The van der Waals surface area contributed by atoms with Crippen LogP contribution in [0.5, 0.6) is 5.75 Å². The number of hydrogen-bond acceptors (Lipinski definition) is 2. The van der Waals surface area contributed by atoms with Crippen LogP contribution in [0.2, 0.25) is 0 Å². The van der Waals surface area contributed by atoms with Gasteiger partial charge < -0.3 is 10.1 Å². The lowest BCUT2D eigenvalue weighted by Crippen LogP contribution is -2.30. The molecule has 0 heterocycles. The highest BCUT2D eigenvalue weighted by molar-refractivity contribution is 5.30. The van der Waals surface area contributed by atoms with Gasteiger partial charge in [0, 0.05) is 6.04 Å². The fourth-order valence-electron chi connectivity index (χ4n) is 1.30. The Morgan fingerprint density at radius 1 is 1.38 bits per heavy atom. The van der Waals surface area contributed by atoms with Gasteiger partial charge in [-0.2, -0.15) is 13.2 Å². The Kier molecular flexibility index (Phi) is 4.18. The number of hydrogen-bond donors (Lipinski definition) is 1. The summed E-state index contributed by atoms with van der Waals surface area (Å²) in [6.07, 6.45) is -4.19. The third kappa shape index (κ3) is 4.10. The van der Waals surface area contributed by atoms with Crippen molar-refractivity contribution in [2.75, 3.05) is 13.7 Å². The maximum absolute atomic E-state index is 12.0. The third-order valence-electron chi connectivity index (χ3n) is 2.20. The Labute approximate surface area is 92.4 Å². The molecule has 0 aliphatic rings. The Hall–Kier alpha value is -1.23. The largest absolute Gasteiger partial charge is 0.497 e. The number of rotatable bonds is 4. The molecule has 5 heteroatoms. The first-order valence-corrected chi connectivity index (χ1v) is 4.86. The van der Waals surface area contributed by atoms with Gasteiger partial charge in [-0.15, -0.1) is 0 Å². The van der Waals surface area contributed by atoms with Crippen molar-refractivity contribution >= 4 is 0 Å². The molecule has 1 aromatic rings. The zero-order chi connectivity index (χ0) is 12.2. The molecule has 0 aliphatic carbocycles. The molecule has 1 aromatic carbocycles. The summed E-state index contributed by atoms with van der Waals surface area (Å²) in [6, 6.07) is 6.61. The number of nitrogens with one attached hydrogen (secondary N) is 1. The average molecular weight is 233 g/mol. The van der Waals surface area contributed by atoms with E-state index in [0.717, 1.165) is 5.56 Å². The molecular weight excluding hydrogens is 219 g/mol. The van der Waals surface area contributed by atoms with Crippen LogP contribution in [0.3, 0.4) is 0 Å². The molecular formula is C11H14F3NO. The molecule has 2 nitrogen and oxygen atoms in total. The summed E-state index contributed by atoms with van der Waals surface area (Å²) >= 11 is 0. The second-order valence-corrected chi connectivity index (χ2v) is 3.49. The number of benzene rings is 1. The molecule has 90 valence electrons. The number of halogens is 3. The molecule has 16 heavy (non-hydrogen) atoms. The van der Waals surface area contributed by atoms with Gasteiger partial charge in [0.2, 0.25) is 0 Å². The summed E-state index contributed by atoms with van der Waals surface area (Å²) in [7, 11) is 1.52. The molecule has 1 atom stereocenters. The van der Waals surface area contributed by atoms with Crippen molar-refractivity contribution in [3.05, 3.63) is 29.8 Å². The van der Waals surface area contributed by atoms with Gasteiger partial charge in [-0.05, 0) is 24.6 Å². The van der Waals surface area contributed by atoms with E-state index < -0.39 is 12.7 Å². The Balaban J connectivity index is 2.62. The van der Waals surface area contributed by atoms with E-state index in [1.165, 1.54) is 7.11 Å². The van der Waals surface area contributed by atoms with Crippen molar-refractivity contribution in [1.29, 1.82) is 0 Å². The van der Waals surface area contributed by atoms with E-state index in [9.17, 15) is 13.2 Å². The van der Waals surface area contributed by atoms with E-state index in [0.29, 0.717) is 5.75 Å². The molecule has 0 saturated carbocycles. The predicted octanol–water partition coefficient (Wildman–Crippen LogP) is 2.91. The Morgan fingerprint density at radius 3 is 2.62 bits per heavy atom. The number of methoxy groups -OCH3 is 1. The van der Waals surface area contributed by atoms with E-state index in [4.69, 9.17) is 4.74 Å². The number of alkyl halides is 3. The van der Waals surface area contributed by atoms with Crippen molar-refractivity contribution in [2.24, 2.45) is 0 Å².